The van der Waals surface area contributed by atoms with Crippen LogP contribution >= 0.6 is 0 Å². The summed E-state index contributed by atoms with van der Waals surface area (Å²) in [6.07, 6.45) is 8.48. The van der Waals surface area contributed by atoms with Crippen LogP contribution in [0.5, 0.6) is 0 Å². The molecule has 2 rings (SSSR count). The minimum Gasteiger partial charge on any atom is -0.464 e. The third-order valence-electron chi connectivity index (χ3n) is 3.02. The molecule has 1 aromatic heterocycles. The Bertz CT molecular complexity index is 657. The van der Waals surface area contributed by atoms with Gasteiger partial charge in [-0.2, -0.15) is 9.19 Å². The molecule has 6 nitrogen and oxygen atoms in total. The van der Waals surface area contributed by atoms with E-state index >= 15 is 0 Å². The molecule has 0 saturated heterocycles. The highest BCUT2D eigenvalue weighted by atomic mass is 32.2. The minimum atomic E-state index is -3.72. The van der Waals surface area contributed by atoms with Gasteiger partial charge in [0.1, 0.15) is 4.75 Å². The molecular formula is C12H14N2O4S. The Morgan fingerprint density at radius 3 is 2.79 bits per heavy atom. The second-order valence-electron chi connectivity index (χ2n) is 4.37. The number of nitrogens with zero attached hydrogens (tertiary/aromatic N) is 2. The second-order valence-corrected chi connectivity index (χ2v) is 6.63. The van der Waals surface area contributed by atoms with E-state index in [1.54, 1.807) is 31.2 Å². The van der Waals surface area contributed by atoms with Crippen LogP contribution in [0.3, 0.4) is 0 Å². The molecule has 0 bridgehead atoms. The lowest BCUT2D eigenvalue weighted by atomic mass is 10.0. The number of allylic oxidation sites excluding steroid dienone is 3. The first-order valence-electron chi connectivity index (χ1n) is 5.64. The van der Waals surface area contributed by atoms with Gasteiger partial charge in [-0.1, -0.05) is 24.3 Å². The van der Waals surface area contributed by atoms with Gasteiger partial charge in [0, 0.05) is 6.20 Å². The zero-order chi connectivity index (χ0) is 14.1. The maximum Gasteiger partial charge on any atom is 0.358 e. The molecule has 0 fully saturated rings. The van der Waals surface area contributed by atoms with Crippen LogP contribution in [0, 0.1) is 0 Å². The Morgan fingerprint density at radius 1 is 1.47 bits per heavy atom. The van der Waals surface area contributed by atoms with Crippen LogP contribution in [0.2, 0.25) is 0 Å². The molecule has 19 heavy (non-hydrogen) atoms. The van der Waals surface area contributed by atoms with Gasteiger partial charge in [-0.15, -0.1) is 0 Å². The third kappa shape index (κ3) is 2.21. The molecule has 1 aromatic rings. The smallest absolute Gasteiger partial charge is 0.358 e. The van der Waals surface area contributed by atoms with Gasteiger partial charge >= 0.3 is 5.97 Å². The molecule has 1 unspecified atom stereocenters. The fourth-order valence-corrected chi connectivity index (χ4v) is 3.17. The van der Waals surface area contributed by atoms with Crippen molar-refractivity contribution in [2.75, 3.05) is 7.11 Å². The number of aromatic nitrogens is 2. The van der Waals surface area contributed by atoms with Crippen molar-refractivity contribution in [3.05, 3.63) is 42.3 Å². The van der Waals surface area contributed by atoms with Gasteiger partial charge in [0.25, 0.3) is 10.0 Å². The van der Waals surface area contributed by atoms with Crippen LogP contribution in [0.1, 0.15) is 23.8 Å². The summed E-state index contributed by atoms with van der Waals surface area (Å²) < 4.78 is 29.2. The van der Waals surface area contributed by atoms with Crippen LogP contribution in [0.25, 0.3) is 0 Å². The second kappa shape index (κ2) is 4.65. The van der Waals surface area contributed by atoms with Crippen molar-refractivity contribution in [2.45, 2.75) is 18.1 Å². The lowest BCUT2D eigenvalue weighted by molar-refractivity contribution is 0.0594. The highest BCUT2D eigenvalue weighted by Crippen LogP contribution is 2.28. The highest BCUT2D eigenvalue weighted by Gasteiger charge is 2.38. The molecule has 102 valence electrons. The summed E-state index contributed by atoms with van der Waals surface area (Å²) in [5, 5.41) is 3.77. The summed E-state index contributed by atoms with van der Waals surface area (Å²) in [5.41, 5.74) is -0.0370. The SMILES string of the molecule is COC(=O)c1ccn(S(=O)(=O)C2(C)C=CC=CC2)n1. The molecule has 0 radical (unpaired) electrons. The normalized spacial score (nSPS) is 22.4. The third-order valence-corrected chi connectivity index (χ3v) is 5.19. The molecule has 7 heteroatoms. The predicted octanol–water partition coefficient (Wildman–Crippen LogP) is 1.12. The van der Waals surface area contributed by atoms with Crippen molar-refractivity contribution < 1.29 is 17.9 Å². The number of rotatable bonds is 3. The quantitative estimate of drug-likeness (QED) is 0.776. The van der Waals surface area contributed by atoms with E-state index < -0.39 is 20.7 Å². The summed E-state index contributed by atoms with van der Waals surface area (Å²) in [4.78, 5) is 11.3. The van der Waals surface area contributed by atoms with Gasteiger partial charge in [0.05, 0.1) is 7.11 Å². The molecule has 0 aliphatic heterocycles. The predicted molar refractivity (Wildman–Crippen MR) is 69.2 cm³/mol. The summed E-state index contributed by atoms with van der Waals surface area (Å²) in [6.45, 7) is 1.61. The summed E-state index contributed by atoms with van der Waals surface area (Å²) in [6, 6.07) is 1.31. The Kier molecular flexibility index (Phi) is 3.32. The Hall–Kier alpha value is -1.89. The van der Waals surface area contributed by atoms with Gasteiger partial charge in [-0.3, -0.25) is 0 Å². The fourth-order valence-electron chi connectivity index (χ4n) is 1.77. The van der Waals surface area contributed by atoms with E-state index in [0.717, 1.165) is 4.09 Å². The zero-order valence-corrected chi connectivity index (χ0v) is 11.4. The van der Waals surface area contributed by atoms with Gasteiger partial charge in [-0.05, 0) is 19.4 Å². The number of hydrogen-bond donors (Lipinski definition) is 0. The van der Waals surface area contributed by atoms with Crippen LogP contribution in [0.4, 0.5) is 0 Å². The Balaban J connectivity index is 2.40. The van der Waals surface area contributed by atoms with Crippen molar-refractivity contribution in [3.63, 3.8) is 0 Å². The molecule has 1 atom stereocenters. The molecule has 1 aliphatic rings. The van der Waals surface area contributed by atoms with Crippen molar-refractivity contribution >= 4 is 16.0 Å². The molecular weight excluding hydrogens is 268 g/mol. The zero-order valence-electron chi connectivity index (χ0n) is 10.6. The van der Waals surface area contributed by atoms with E-state index in [9.17, 15) is 13.2 Å². The topological polar surface area (TPSA) is 78.3 Å². The largest absolute Gasteiger partial charge is 0.464 e. The van der Waals surface area contributed by atoms with Crippen molar-refractivity contribution in [1.82, 2.24) is 9.19 Å². The van der Waals surface area contributed by atoms with E-state index in [2.05, 4.69) is 9.84 Å². The van der Waals surface area contributed by atoms with E-state index in [0.29, 0.717) is 6.42 Å². The van der Waals surface area contributed by atoms with Crippen LogP contribution in [-0.4, -0.2) is 35.4 Å². The summed E-state index contributed by atoms with van der Waals surface area (Å²) in [5.74, 6) is -0.668. The first-order valence-corrected chi connectivity index (χ1v) is 7.08. The van der Waals surface area contributed by atoms with Gasteiger partial charge in [-0.25, -0.2) is 13.2 Å². The number of methoxy groups -OCH3 is 1. The number of esters is 1. The van der Waals surface area contributed by atoms with Crippen LogP contribution in [0.15, 0.2) is 36.6 Å². The van der Waals surface area contributed by atoms with E-state index in [4.69, 9.17) is 0 Å². The highest BCUT2D eigenvalue weighted by molar-refractivity contribution is 7.91. The molecule has 1 heterocycles. The number of hydrogen-bond acceptors (Lipinski definition) is 5. The van der Waals surface area contributed by atoms with Crippen molar-refractivity contribution in [1.29, 1.82) is 0 Å². The monoisotopic (exact) mass is 282 g/mol. The van der Waals surface area contributed by atoms with Crippen molar-refractivity contribution in [2.24, 2.45) is 0 Å². The minimum absolute atomic E-state index is 0.0370. The van der Waals surface area contributed by atoms with Gasteiger partial charge in [0.15, 0.2) is 5.69 Å². The molecule has 0 aromatic carbocycles. The van der Waals surface area contributed by atoms with Crippen LogP contribution in [-0.2, 0) is 14.8 Å². The maximum atomic E-state index is 12.5. The van der Waals surface area contributed by atoms with Crippen molar-refractivity contribution in [3.8, 4) is 0 Å². The summed E-state index contributed by atoms with van der Waals surface area (Å²) >= 11 is 0. The molecule has 0 N–H and O–H groups in total. The Morgan fingerprint density at radius 2 is 2.21 bits per heavy atom. The van der Waals surface area contributed by atoms with Crippen LogP contribution < -0.4 is 0 Å². The molecule has 0 amide bonds. The number of ether oxygens (including phenoxy) is 1. The first-order chi connectivity index (χ1) is 8.90. The maximum absolute atomic E-state index is 12.5. The van der Waals surface area contributed by atoms with E-state index in [1.807, 2.05) is 0 Å². The number of carbonyl (C=O) groups is 1. The molecule has 0 saturated carbocycles. The number of carbonyl (C=O) groups excluding carboxylic acids is 1. The lowest BCUT2D eigenvalue weighted by Gasteiger charge is -2.25. The molecule has 0 spiro atoms. The van der Waals surface area contributed by atoms with Gasteiger partial charge < -0.3 is 4.74 Å². The van der Waals surface area contributed by atoms with E-state index in [1.165, 1.54) is 19.4 Å². The Labute approximate surface area is 111 Å². The average Bonchev–Trinajstić information content (AvgIpc) is 2.88. The average molecular weight is 282 g/mol. The lowest BCUT2D eigenvalue weighted by Crippen LogP contribution is -2.38. The van der Waals surface area contributed by atoms with Gasteiger partial charge in [0.2, 0.25) is 0 Å². The molecule has 1 aliphatic carbocycles. The first kappa shape index (κ1) is 13.5. The fraction of sp³-hybridized carbons (Fsp3) is 0.333. The van der Waals surface area contributed by atoms with E-state index in [-0.39, 0.29) is 5.69 Å². The standard InChI is InChI=1S/C12H14N2O4S/c1-12(7-4-3-5-8-12)19(16,17)14-9-6-10(13-14)11(15)18-2/h3-7,9H,8H2,1-2H3. The summed E-state index contributed by atoms with van der Waals surface area (Å²) in [7, 11) is -2.51.